The Morgan fingerprint density at radius 2 is 2.09 bits per heavy atom. The molecule has 0 aromatic carbocycles. The Kier molecular flexibility index (Phi) is 10.3. The molecule has 0 bridgehead atoms. The predicted molar refractivity (Wildman–Crippen MR) is 105 cm³/mol. The van der Waals surface area contributed by atoms with E-state index in [0.29, 0.717) is 6.54 Å². The lowest BCUT2D eigenvalue weighted by Gasteiger charge is -2.12. The molecule has 1 fully saturated rings. The summed E-state index contributed by atoms with van der Waals surface area (Å²) in [6, 6.07) is 1.98. The minimum absolute atomic E-state index is 0. The second kappa shape index (κ2) is 11.7. The molecule has 2 rings (SSSR count). The average molecular weight is 434 g/mol. The summed E-state index contributed by atoms with van der Waals surface area (Å²) in [7, 11) is 0. The smallest absolute Gasteiger partial charge is 0.191 e. The highest BCUT2D eigenvalue weighted by atomic mass is 127. The van der Waals surface area contributed by atoms with Gasteiger partial charge < -0.3 is 15.2 Å². The summed E-state index contributed by atoms with van der Waals surface area (Å²) in [5, 5.41) is 10.7. The minimum atomic E-state index is 0. The lowest BCUT2D eigenvalue weighted by molar-refractivity contribution is 0.379. The number of guanidine groups is 1. The third-order valence-electron chi connectivity index (χ3n) is 4.26. The van der Waals surface area contributed by atoms with E-state index < -0.39 is 0 Å². The van der Waals surface area contributed by atoms with Crippen LogP contribution in [0.5, 0.6) is 0 Å². The second-order valence-electron chi connectivity index (χ2n) is 6.05. The molecular formula is C17H31IN4O. The lowest BCUT2D eigenvalue weighted by Crippen LogP contribution is -2.37. The van der Waals surface area contributed by atoms with E-state index in [-0.39, 0.29) is 24.0 Å². The molecule has 1 heterocycles. The second-order valence-corrected chi connectivity index (χ2v) is 6.05. The maximum Gasteiger partial charge on any atom is 0.191 e. The van der Waals surface area contributed by atoms with Gasteiger partial charge in [0.05, 0.1) is 5.69 Å². The van der Waals surface area contributed by atoms with Crippen molar-refractivity contribution < 1.29 is 4.52 Å². The van der Waals surface area contributed by atoms with Gasteiger partial charge in [0.15, 0.2) is 11.7 Å². The Hall–Kier alpha value is -0.790. The zero-order valence-electron chi connectivity index (χ0n) is 14.4. The Balaban J connectivity index is 0.00000264. The number of nitrogens with zero attached hydrogens (tertiary/aromatic N) is 2. The van der Waals surface area contributed by atoms with Gasteiger partial charge >= 0.3 is 0 Å². The van der Waals surface area contributed by atoms with Crippen LogP contribution in [0.2, 0.25) is 0 Å². The first-order chi connectivity index (χ1) is 10.8. The van der Waals surface area contributed by atoms with Crippen LogP contribution in [0.3, 0.4) is 0 Å². The van der Waals surface area contributed by atoms with E-state index in [0.717, 1.165) is 42.8 Å². The van der Waals surface area contributed by atoms with Crippen LogP contribution in [0.15, 0.2) is 15.6 Å². The van der Waals surface area contributed by atoms with E-state index in [1.165, 1.54) is 38.5 Å². The normalized spacial score (nSPS) is 15.5. The van der Waals surface area contributed by atoms with Gasteiger partial charge in [-0.15, -0.1) is 24.0 Å². The summed E-state index contributed by atoms with van der Waals surface area (Å²) >= 11 is 0. The van der Waals surface area contributed by atoms with E-state index >= 15 is 0 Å². The third-order valence-corrected chi connectivity index (χ3v) is 4.26. The molecule has 1 aliphatic rings. The van der Waals surface area contributed by atoms with Crippen molar-refractivity contribution in [3.8, 4) is 0 Å². The van der Waals surface area contributed by atoms with Crippen molar-refractivity contribution in [3.63, 3.8) is 0 Å². The molecule has 0 unspecified atom stereocenters. The summed E-state index contributed by atoms with van der Waals surface area (Å²) in [5.41, 5.74) is 0.986. The fourth-order valence-corrected chi connectivity index (χ4v) is 2.99. The maximum atomic E-state index is 5.26. The van der Waals surface area contributed by atoms with Crippen molar-refractivity contribution in [2.75, 3.05) is 13.1 Å². The molecule has 1 saturated carbocycles. The van der Waals surface area contributed by atoms with Gasteiger partial charge in [0.25, 0.3) is 0 Å². The van der Waals surface area contributed by atoms with Gasteiger partial charge in [0, 0.05) is 19.2 Å². The molecule has 0 aliphatic heterocycles. The van der Waals surface area contributed by atoms with Gasteiger partial charge in [-0.25, -0.2) is 4.99 Å². The molecular weight excluding hydrogens is 403 g/mol. The fourth-order valence-electron chi connectivity index (χ4n) is 2.99. The van der Waals surface area contributed by atoms with Gasteiger partial charge in [0.1, 0.15) is 6.54 Å². The molecule has 0 atom stereocenters. The first-order valence-electron chi connectivity index (χ1n) is 8.78. The molecule has 0 spiro atoms. The zero-order chi connectivity index (χ0) is 15.6. The number of aryl methyl sites for hydroxylation is 1. The Morgan fingerprint density at radius 3 is 2.74 bits per heavy atom. The largest absolute Gasteiger partial charge is 0.359 e. The first kappa shape index (κ1) is 20.3. The Labute approximate surface area is 157 Å². The molecule has 5 nitrogen and oxygen atoms in total. The van der Waals surface area contributed by atoms with Crippen molar-refractivity contribution in [3.05, 3.63) is 17.5 Å². The Bertz CT molecular complexity index is 455. The van der Waals surface area contributed by atoms with Crippen molar-refractivity contribution >= 4 is 29.9 Å². The van der Waals surface area contributed by atoms with Crippen LogP contribution in [0, 0.1) is 5.92 Å². The summed E-state index contributed by atoms with van der Waals surface area (Å²) in [6.45, 7) is 6.54. The molecule has 0 radical (unpaired) electrons. The lowest BCUT2D eigenvalue weighted by atomic mass is 10.0. The molecule has 23 heavy (non-hydrogen) atoms. The molecule has 1 aliphatic carbocycles. The fraction of sp³-hybridized carbons (Fsp3) is 0.765. The quantitative estimate of drug-likeness (QED) is 0.282. The highest BCUT2D eigenvalue weighted by Gasteiger charge is 2.14. The highest BCUT2D eigenvalue weighted by Crippen LogP contribution is 2.28. The summed E-state index contributed by atoms with van der Waals surface area (Å²) < 4.78 is 5.26. The number of nitrogens with one attached hydrogen (secondary N) is 2. The van der Waals surface area contributed by atoms with Crippen LogP contribution in [0.1, 0.15) is 63.8 Å². The molecule has 1 aromatic heterocycles. The SMILES string of the molecule is CCNC(=NCc1cc(CC)no1)NCCCC1CCCC1.I. The minimum Gasteiger partial charge on any atom is -0.359 e. The predicted octanol–water partition coefficient (Wildman–Crippen LogP) is 3.88. The van der Waals surface area contributed by atoms with Gasteiger partial charge in [-0.05, 0) is 32.1 Å². The molecule has 6 heteroatoms. The topological polar surface area (TPSA) is 62.5 Å². The number of hydrogen-bond donors (Lipinski definition) is 2. The zero-order valence-corrected chi connectivity index (χ0v) is 16.8. The van der Waals surface area contributed by atoms with E-state index in [1.54, 1.807) is 0 Å². The van der Waals surface area contributed by atoms with Crippen LogP contribution >= 0.6 is 24.0 Å². The van der Waals surface area contributed by atoms with Crippen molar-refractivity contribution in [1.29, 1.82) is 0 Å². The summed E-state index contributed by atoms with van der Waals surface area (Å²) in [5.74, 6) is 2.64. The maximum absolute atomic E-state index is 5.26. The van der Waals surface area contributed by atoms with Gasteiger partial charge in [0.2, 0.25) is 0 Å². The summed E-state index contributed by atoms with van der Waals surface area (Å²) in [6.07, 6.45) is 9.18. The van der Waals surface area contributed by atoms with E-state index in [4.69, 9.17) is 4.52 Å². The first-order valence-corrected chi connectivity index (χ1v) is 8.78. The molecule has 1 aromatic rings. The highest BCUT2D eigenvalue weighted by molar-refractivity contribution is 14.0. The number of halogens is 1. The van der Waals surface area contributed by atoms with Crippen LogP contribution in [-0.4, -0.2) is 24.2 Å². The third kappa shape index (κ3) is 7.54. The van der Waals surface area contributed by atoms with Gasteiger partial charge in [-0.3, -0.25) is 0 Å². The van der Waals surface area contributed by atoms with Crippen LogP contribution in [0.25, 0.3) is 0 Å². The number of aliphatic imine (C=N–C) groups is 1. The van der Waals surface area contributed by atoms with Crippen LogP contribution in [-0.2, 0) is 13.0 Å². The van der Waals surface area contributed by atoms with E-state index in [1.807, 2.05) is 6.07 Å². The average Bonchev–Trinajstić information content (AvgIpc) is 3.20. The monoisotopic (exact) mass is 434 g/mol. The number of rotatable bonds is 8. The summed E-state index contributed by atoms with van der Waals surface area (Å²) in [4.78, 5) is 4.56. The van der Waals surface area contributed by atoms with Gasteiger partial charge in [-0.1, -0.05) is 37.8 Å². The number of aromatic nitrogens is 1. The van der Waals surface area contributed by atoms with E-state index in [9.17, 15) is 0 Å². The van der Waals surface area contributed by atoms with Crippen molar-refractivity contribution in [2.24, 2.45) is 10.9 Å². The van der Waals surface area contributed by atoms with E-state index in [2.05, 4.69) is 34.6 Å². The number of hydrogen-bond acceptors (Lipinski definition) is 3. The van der Waals surface area contributed by atoms with Crippen LogP contribution in [0.4, 0.5) is 0 Å². The molecule has 2 N–H and O–H groups in total. The van der Waals surface area contributed by atoms with Gasteiger partial charge in [-0.2, -0.15) is 0 Å². The van der Waals surface area contributed by atoms with Crippen molar-refractivity contribution in [1.82, 2.24) is 15.8 Å². The molecule has 0 amide bonds. The Morgan fingerprint density at radius 1 is 1.30 bits per heavy atom. The van der Waals surface area contributed by atoms with Crippen LogP contribution < -0.4 is 10.6 Å². The van der Waals surface area contributed by atoms with Crippen molar-refractivity contribution in [2.45, 2.75) is 65.3 Å². The standard InChI is InChI=1S/C17H30N4O.HI/c1-3-15-12-16(22-21-15)13-20-17(18-4-2)19-11-7-10-14-8-5-6-9-14;/h12,14H,3-11,13H2,1-2H3,(H2,18,19,20);1H. The molecule has 0 saturated heterocycles. The molecule has 132 valence electrons.